The van der Waals surface area contributed by atoms with Crippen molar-refractivity contribution in [3.63, 3.8) is 0 Å². The van der Waals surface area contributed by atoms with Crippen LogP contribution in [0, 0.1) is 0 Å². The smallest absolute Gasteiger partial charge is 0.231 e. The molecule has 2 aliphatic heterocycles. The normalized spacial score (nSPS) is 14.0. The number of anilines is 1. The number of nitrogens with zero attached hydrogens (tertiary/aromatic N) is 3. The number of fused-ring (bicyclic) bond motifs is 1. The Morgan fingerprint density at radius 2 is 1.79 bits per heavy atom. The predicted octanol–water partition coefficient (Wildman–Crippen LogP) is 6.02. The van der Waals surface area contributed by atoms with Crippen LogP contribution in [0.3, 0.4) is 0 Å². The van der Waals surface area contributed by atoms with E-state index in [9.17, 15) is 0 Å². The topological polar surface area (TPSA) is 51.0 Å². The van der Waals surface area contributed by atoms with E-state index in [1.807, 2.05) is 66.8 Å². The third-order valence-electron chi connectivity index (χ3n) is 5.47. The number of ether oxygens (including phenoxy) is 2. The van der Waals surface area contributed by atoms with Gasteiger partial charge < -0.3 is 23.8 Å². The van der Waals surface area contributed by atoms with Crippen LogP contribution in [0.1, 0.15) is 12.0 Å². The largest absolute Gasteiger partial charge is 0.454 e. The highest BCUT2D eigenvalue weighted by molar-refractivity contribution is 6.30. The summed E-state index contributed by atoms with van der Waals surface area (Å²) in [7, 11) is 0. The molecule has 0 fully saturated rings. The summed E-state index contributed by atoms with van der Waals surface area (Å²) in [6, 6.07) is 15.6. The lowest BCUT2D eigenvalue weighted by Crippen LogP contribution is -2.26. The zero-order chi connectivity index (χ0) is 22.5. The third-order valence-corrected chi connectivity index (χ3v) is 5.71. The van der Waals surface area contributed by atoms with Crippen molar-refractivity contribution in [1.82, 2.24) is 10.1 Å². The molecule has 0 spiro atoms. The summed E-state index contributed by atoms with van der Waals surface area (Å²) >= 11 is 6.16. The number of hydrogen-bond donors (Lipinski definition) is 0. The van der Waals surface area contributed by atoms with Crippen LogP contribution in [0.5, 0.6) is 11.5 Å². The van der Waals surface area contributed by atoms with Gasteiger partial charge in [0.2, 0.25) is 12.7 Å². The molecule has 7 heteroatoms. The van der Waals surface area contributed by atoms with E-state index >= 15 is 0 Å². The van der Waals surface area contributed by atoms with Crippen molar-refractivity contribution in [2.45, 2.75) is 13.0 Å². The van der Waals surface area contributed by atoms with Gasteiger partial charge in [0.15, 0.2) is 11.5 Å². The standard InChI is InChI=1S/C26H24ClN3O3/c27-22-8-5-7-21(16-22)23-17-26(33-28-23)30(14-6-13-29-11-3-1-2-4-12-29)18-20-9-10-24-25(15-20)32-19-31-24/h1-5,7-12,15-17H,6,13-14,18-19H2. The number of aromatic nitrogens is 1. The first-order chi connectivity index (χ1) is 16.2. The van der Waals surface area contributed by atoms with Crippen molar-refractivity contribution < 1.29 is 14.0 Å². The lowest BCUT2D eigenvalue weighted by Gasteiger charge is -2.23. The minimum atomic E-state index is 0.263. The first-order valence-electron chi connectivity index (χ1n) is 10.9. The van der Waals surface area contributed by atoms with Crippen LogP contribution in [0.15, 0.2) is 89.8 Å². The number of rotatable bonds is 8. The Kier molecular flexibility index (Phi) is 6.35. The molecule has 0 bridgehead atoms. The van der Waals surface area contributed by atoms with Crippen molar-refractivity contribution in [3.8, 4) is 22.8 Å². The minimum Gasteiger partial charge on any atom is -0.454 e. The minimum absolute atomic E-state index is 0.263. The molecule has 2 aromatic carbocycles. The Balaban J connectivity index is 1.34. The fraction of sp³-hybridized carbons (Fsp3) is 0.192. The molecular formula is C26H24ClN3O3. The van der Waals surface area contributed by atoms with Crippen molar-refractivity contribution >= 4 is 17.5 Å². The zero-order valence-electron chi connectivity index (χ0n) is 18.1. The molecule has 0 aliphatic carbocycles. The quantitative estimate of drug-likeness (QED) is 0.409. The molecule has 6 nitrogen and oxygen atoms in total. The van der Waals surface area contributed by atoms with E-state index in [0.717, 1.165) is 47.8 Å². The van der Waals surface area contributed by atoms with Crippen LogP contribution in [0.4, 0.5) is 5.88 Å². The monoisotopic (exact) mass is 461 g/mol. The summed E-state index contributed by atoms with van der Waals surface area (Å²) in [5, 5.41) is 4.97. The molecule has 1 aromatic heterocycles. The van der Waals surface area contributed by atoms with E-state index in [1.165, 1.54) is 0 Å². The molecule has 0 saturated heterocycles. The summed E-state index contributed by atoms with van der Waals surface area (Å²) in [6.45, 7) is 2.61. The van der Waals surface area contributed by atoms with Crippen LogP contribution in [0.2, 0.25) is 5.02 Å². The molecule has 0 N–H and O–H groups in total. The predicted molar refractivity (Wildman–Crippen MR) is 129 cm³/mol. The maximum atomic E-state index is 6.16. The Morgan fingerprint density at radius 1 is 0.939 bits per heavy atom. The lowest BCUT2D eigenvalue weighted by atomic mass is 10.1. The van der Waals surface area contributed by atoms with Gasteiger partial charge >= 0.3 is 0 Å². The van der Waals surface area contributed by atoms with Crippen molar-refractivity contribution in [2.24, 2.45) is 0 Å². The number of benzene rings is 2. The van der Waals surface area contributed by atoms with Crippen molar-refractivity contribution in [2.75, 3.05) is 24.8 Å². The highest BCUT2D eigenvalue weighted by atomic mass is 35.5. The van der Waals surface area contributed by atoms with Crippen molar-refractivity contribution in [1.29, 1.82) is 0 Å². The molecule has 168 valence electrons. The van der Waals surface area contributed by atoms with Gasteiger partial charge in [0.1, 0.15) is 5.69 Å². The van der Waals surface area contributed by atoms with E-state index in [4.69, 9.17) is 25.6 Å². The fourth-order valence-corrected chi connectivity index (χ4v) is 4.01. The first-order valence-corrected chi connectivity index (χ1v) is 11.3. The van der Waals surface area contributed by atoms with Gasteiger partial charge in [0.25, 0.3) is 0 Å². The maximum Gasteiger partial charge on any atom is 0.231 e. The maximum absolute atomic E-state index is 6.16. The van der Waals surface area contributed by atoms with E-state index < -0.39 is 0 Å². The van der Waals surface area contributed by atoms with Gasteiger partial charge in [-0.3, -0.25) is 0 Å². The van der Waals surface area contributed by atoms with E-state index in [-0.39, 0.29) is 6.79 Å². The molecule has 33 heavy (non-hydrogen) atoms. The van der Waals surface area contributed by atoms with Crippen LogP contribution in [-0.4, -0.2) is 29.9 Å². The first kappa shape index (κ1) is 21.2. The van der Waals surface area contributed by atoms with Gasteiger partial charge in [-0.15, -0.1) is 0 Å². The summed E-state index contributed by atoms with van der Waals surface area (Å²) in [4.78, 5) is 4.37. The molecule has 0 unspecified atom stereocenters. The molecule has 3 aromatic rings. The van der Waals surface area contributed by atoms with E-state index in [1.54, 1.807) is 0 Å². The zero-order valence-corrected chi connectivity index (χ0v) is 18.8. The number of halogens is 1. The Hall–Kier alpha value is -3.64. The van der Waals surface area contributed by atoms with Crippen LogP contribution in [-0.2, 0) is 6.54 Å². The van der Waals surface area contributed by atoms with Gasteiger partial charge in [-0.25, -0.2) is 0 Å². The van der Waals surface area contributed by atoms with Crippen LogP contribution >= 0.6 is 11.6 Å². The number of allylic oxidation sites excluding steroid dienone is 4. The second-order valence-corrected chi connectivity index (χ2v) is 8.27. The molecule has 5 rings (SSSR count). The molecule has 0 saturated carbocycles. The highest BCUT2D eigenvalue weighted by Gasteiger charge is 2.18. The molecule has 0 atom stereocenters. The van der Waals surface area contributed by atoms with Gasteiger partial charge in [-0.1, -0.05) is 47.1 Å². The van der Waals surface area contributed by atoms with Crippen LogP contribution < -0.4 is 14.4 Å². The summed E-state index contributed by atoms with van der Waals surface area (Å²) in [5.41, 5.74) is 2.79. The molecule has 3 heterocycles. The Morgan fingerprint density at radius 3 is 2.64 bits per heavy atom. The van der Waals surface area contributed by atoms with E-state index in [0.29, 0.717) is 17.5 Å². The van der Waals surface area contributed by atoms with Gasteiger partial charge in [0.05, 0.1) is 0 Å². The lowest BCUT2D eigenvalue weighted by molar-refractivity contribution is 0.174. The second-order valence-electron chi connectivity index (χ2n) is 7.83. The SMILES string of the molecule is Clc1cccc(-c2cc(N(CCCN3C=CC=CC=C3)Cc3ccc4c(c3)OCO4)on2)c1. The van der Waals surface area contributed by atoms with Gasteiger partial charge in [0, 0.05) is 48.7 Å². The number of hydrogen-bond acceptors (Lipinski definition) is 6. The van der Waals surface area contributed by atoms with Gasteiger partial charge in [-0.2, -0.15) is 0 Å². The summed E-state index contributed by atoms with van der Waals surface area (Å²) < 4.78 is 16.8. The third kappa shape index (κ3) is 5.23. The molecule has 0 amide bonds. The van der Waals surface area contributed by atoms with E-state index in [2.05, 4.69) is 33.4 Å². The summed E-state index contributed by atoms with van der Waals surface area (Å²) in [5.74, 6) is 2.27. The van der Waals surface area contributed by atoms with Gasteiger partial charge in [-0.05, 0) is 48.4 Å². The average Bonchev–Trinajstić information content (AvgIpc) is 3.43. The second kappa shape index (κ2) is 9.88. The fourth-order valence-electron chi connectivity index (χ4n) is 3.82. The highest BCUT2D eigenvalue weighted by Crippen LogP contribution is 2.34. The van der Waals surface area contributed by atoms with Crippen LogP contribution in [0.25, 0.3) is 11.3 Å². The Labute approximate surface area is 197 Å². The molecule has 0 radical (unpaired) electrons. The molecule has 2 aliphatic rings. The average molecular weight is 462 g/mol. The summed E-state index contributed by atoms with van der Waals surface area (Å²) in [6.07, 6.45) is 13.2. The van der Waals surface area contributed by atoms with Crippen molar-refractivity contribution in [3.05, 3.63) is 95.8 Å². The molecular weight excluding hydrogens is 438 g/mol. The Bertz CT molecular complexity index is 1180.